The molecule has 68 valence electrons. The average molecular weight is 181 g/mol. The Morgan fingerprint density at radius 2 is 1.92 bits per heavy atom. The lowest BCUT2D eigenvalue weighted by Gasteiger charge is -2.03. The minimum absolute atomic E-state index is 0.0160. The number of aromatic carboxylic acids is 1. The van der Waals surface area contributed by atoms with E-state index in [4.69, 9.17) is 5.11 Å². The van der Waals surface area contributed by atoms with Crippen LogP contribution in [0.1, 0.15) is 17.3 Å². The van der Waals surface area contributed by atoms with Crippen molar-refractivity contribution in [3.63, 3.8) is 0 Å². The number of benzene rings is 1. The lowest BCUT2D eigenvalue weighted by Crippen LogP contribution is -2.06. The highest BCUT2D eigenvalue weighted by atomic mass is 16.5. The highest BCUT2D eigenvalue weighted by Crippen LogP contribution is 2.17. The summed E-state index contributed by atoms with van der Waals surface area (Å²) in [7, 11) is 0. The molecule has 4 nitrogen and oxygen atoms in total. The second kappa shape index (κ2) is 3.71. The molecule has 0 radical (unpaired) electrons. The molecule has 0 unspecified atom stereocenters. The number of esters is 1. The van der Waals surface area contributed by atoms with Crippen LogP contribution in [0.15, 0.2) is 24.3 Å². The van der Waals surface area contributed by atoms with Crippen LogP contribution in [-0.4, -0.2) is 17.0 Å². The maximum atomic E-state index is 10.6. The van der Waals surface area contributed by atoms with Gasteiger partial charge in [-0.3, -0.25) is 4.79 Å². The molecule has 0 fully saturated rings. The summed E-state index contributed by atoms with van der Waals surface area (Å²) >= 11 is 0. The zero-order valence-electron chi connectivity index (χ0n) is 6.98. The van der Waals surface area contributed by atoms with E-state index in [-0.39, 0.29) is 11.3 Å². The molecule has 0 spiro atoms. The van der Waals surface area contributed by atoms with Crippen molar-refractivity contribution in [1.29, 1.82) is 0 Å². The van der Waals surface area contributed by atoms with Gasteiger partial charge in [0.2, 0.25) is 0 Å². The summed E-state index contributed by atoms with van der Waals surface area (Å²) in [5.41, 5.74) is -0.0160. The molecule has 1 N–H and O–H groups in total. The van der Waals surface area contributed by atoms with E-state index in [0.717, 1.165) is 0 Å². The van der Waals surface area contributed by atoms with Gasteiger partial charge in [-0.15, -0.1) is 0 Å². The first-order valence-corrected chi connectivity index (χ1v) is 3.62. The predicted molar refractivity (Wildman–Crippen MR) is 44.7 cm³/mol. The third kappa shape index (κ3) is 2.30. The Morgan fingerprint density at radius 3 is 2.46 bits per heavy atom. The number of hydrogen-bond donors (Lipinski definition) is 1. The zero-order valence-corrected chi connectivity index (χ0v) is 6.98. The van der Waals surface area contributed by atoms with Crippen molar-refractivity contribution in [3.05, 3.63) is 29.8 Å². The fraction of sp³-hybridized carbons (Fsp3) is 0.111. The largest absolute Gasteiger partial charge is 0.478 e. The van der Waals surface area contributed by atoms with Crippen LogP contribution in [-0.2, 0) is 4.79 Å². The molecule has 1 aromatic carbocycles. The third-order valence-electron chi connectivity index (χ3n) is 1.37. The molecule has 4 heteroatoms. The summed E-state index contributed by atoms with van der Waals surface area (Å²) in [6.07, 6.45) is 0. The van der Waals surface area contributed by atoms with Gasteiger partial charge < -0.3 is 9.84 Å². The van der Waals surface area contributed by atoms with Gasteiger partial charge in [-0.05, 0) is 12.1 Å². The van der Waals surface area contributed by atoms with Gasteiger partial charge in [0.1, 0.15) is 11.3 Å². The van der Waals surface area contributed by atoms with Crippen molar-refractivity contribution in [1.82, 2.24) is 0 Å². The SMILES string of the molecule is CC(=O)Oc1ccccc1[13C](=O)O. The molecule has 0 aromatic heterocycles. The average Bonchev–Trinajstić information content (AvgIpc) is 2.03. The van der Waals surface area contributed by atoms with Gasteiger partial charge in [-0.2, -0.15) is 0 Å². The Kier molecular flexibility index (Phi) is 2.64. The molecule has 0 aliphatic rings. The molecule has 0 atom stereocenters. The lowest BCUT2D eigenvalue weighted by molar-refractivity contribution is -0.131. The van der Waals surface area contributed by atoms with E-state index in [0.29, 0.717) is 0 Å². The summed E-state index contributed by atoms with van der Waals surface area (Å²) in [6.45, 7) is 1.22. The summed E-state index contributed by atoms with van der Waals surface area (Å²) in [5.74, 6) is -1.58. The standard InChI is InChI=1S/C9H8O4/c1-6(10)13-8-5-3-2-4-7(8)9(11)12/h2-5H,1H3,(H,11,12)/i9+1. The van der Waals surface area contributed by atoms with Gasteiger partial charge in [0.15, 0.2) is 0 Å². The summed E-state index contributed by atoms with van der Waals surface area (Å²) in [5, 5.41) is 8.69. The van der Waals surface area contributed by atoms with Crippen LogP contribution in [0.2, 0.25) is 0 Å². The Labute approximate surface area is 74.8 Å². The zero-order chi connectivity index (χ0) is 9.84. The van der Waals surface area contributed by atoms with Gasteiger partial charge in [0.05, 0.1) is 0 Å². The lowest BCUT2D eigenvalue weighted by atomic mass is 10.3. The first-order valence-electron chi connectivity index (χ1n) is 3.62. The van der Waals surface area contributed by atoms with Crippen LogP contribution in [0.3, 0.4) is 0 Å². The van der Waals surface area contributed by atoms with Crippen LogP contribution in [0.4, 0.5) is 0 Å². The van der Waals surface area contributed by atoms with Gasteiger partial charge in [0.25, 0.3) is 0 Å². The first-order chi connectivity index (χ1) is 6.11. The fourth-order valence-electron chi connectivity index (χ4n) is 0.887. The molecule has 0 saturated carbocycles. The van der Waals surface area contributed by atoms with Crippen LogP contribution >= 0.6 is 0 Å². The van der Waals surface area contributed by atoms with E-state index in [2.05, 4.69) is 4.74 Å². The fourth-order valence-corrected chi connectivity index (χ4v) is 0.887. The molecule has 0 saturated heterocycles. The van der Waals surface area contributed by atoms with Crippen molar-refractivity contribution >= 4 is 11.9 Å². The number of carbonyl (C=O) groups excluding carboxylic acids is 1. The highest BCUT2D eigenvalue weighted by Gasteiger charge is 2.10. The molecule has 1 rings (SSSR count). The van der Waals surface area contributed by atoms with E-state index >= 15 is 0 Å². The molecular formula is C9H8O4. The Morgan fingerprint density at radius 1 is 1.31 bits per heavy atom. The smallest absolute Gasteiger partial charge is 0.339 e. The molecule has 0 amide bonds. The Balaban J connectivity index is 3.04. The minimum atomic E-state index is -1.11. The number of carboxylic acids is 1. The first kappa shape index (κ1) is 9.25. The summed E-state index contributed by atoms with van der Waals surface area (Å²) in [4.78, 5) is 21.2. The van der Waals surface area contributed by atoms with Gasteiger partial charge >= 0.3 is 11.9 Å². The van der Waals surface area contributed by atoms with Crippen LogP contribution in [0.5, 0.6) is 5.75 Å². The van der Waals surface area contributed by atoms with Gasteiger partial charge in [-0.1, -0.05) is 12.1 Å². The minimum Gasteiger partial charge on any atom is -0.478 e. The van der Waals surface area contributed by atoms with Crippen molar-refractivity contribution < 1.29 is 19.4 Å². The topological polar surface area (TPSA) is 63.6 Å². The predicted octanol–water partition coefficient (Wildman–Crippen LogP) is 1.31. The van der Waals surface area contributed by atoms with E-state index in [1.807, 2.05) is 0 Å². The second-order valence-electron chi connectivity index (χ2n) is 2.39. The quantitative estimate of drug-likeness (QED) is 0.424. The van der Waals surface area contributed by atoms with Gasteiger partial charge in [-0.25, -0.2) is 4.79 Å². The maximum Gasteiger partial charge on any atom is 0.339 e. The van der Waals surface area contributed by atoms with Crippen molar-refractivity contribution in [3.8, 4) is 5.75 Å². The number of hydrogen-bond acceptors (Lipinski definition) is 3. The van der Waals surface area contributed by atoms with E-state index < -0.39 is 11.9 Å². The van der Waals surface area contributed by atoms with E-state index in [1.165, 1.54) is 19.1 Å². The second-order valence-corrected chi connectivity index (χ2v) is 2.39. The highest BCUT2D eigenvalue weighted by molar-refractivity contribution is 5.91. The van der Waals surface area contributed by atoms with Crippen LogP contribution < -0.4 is 4.74 Å². The summed E-state index contributed by atoms with van der Waals surface area (Å²) < 4.78 is 4.69. The molecule has 0 aliphatic heterocycles. The monoisotopic (exact) mass is 181 g/mol. The van der Waals surface area contributed by atoms with E-state index in [9.17, 15) is 9.59 Å². The Bertz CT molecular complexity index is 343. The molecule has 0 heterocycles. The van der Waals surface area contributed by atoms with Crippen molar-refractivity contribution in [2.75, 3.05) is 0 Å². The third-order valence-corrected chi connectivity index (χ3v) is 1.37. The molecule has 0 aliphatic carbocycles. The molecule has 1 aromatic rings. The van der Waals surface area contributed by atoms with E-state index in [1.54, 1.807) is 12.1 Å². The number of rotatable bonds is 2. The Hall–Kier alpha value is -1.84. The number of carbonyl (C=O) groups is 2. The summed E-state index contributed by atoms with van der Waals surface area (Å²) in [6, 6.07) is 5.98. The van der Waals surface area contributed by atoms with Crippen molar-refractivity contribution in [2.45, 2.75) is 6.92 Å². The van der Waals surface area contributed by atoms with Crippen molar-refractivity contribution in [2.24, 2.45) is 0 Å². The number of carboxylic acid groups (broad SMARTS) is 1. The normalized spacial score (nSPS) is 9.31. The molecule has 0 bridgehead atoms. The van der Waals surface area contributed by atoms with Crippen LogP contribution in [0, 0.1) is 0 Å². The van der Waals surface area contributed by atoms with Crippen LogP contribution in [0.25, 0.3) is 0 Å². The maximum absolute atomic E-state index is 10.6. The van der Waals surface area contributed by atoms with Gasteiger partial charge in [0, 0.05) is 6.92 Å². The number of ether oxygens (including phenoxy) is 1. The molecule has 13 heavy (non-hydrogen) atoms. The molecular weight excluding hydrogens is 173 g/mol. The number of para-hydroxylation sites is 1.